The highest BCUT2D eigenvalue weighted by Gasteiger charge is 2.28. The van der Waals surface area contributed by atoms with E-state index in [2.05, 4.69) is 29.6 Å². The molecule has 11 nitrogen and oxygen atoms in total. The van der Waals surface area contributed by atoms with Gasteiger partial charge in [-0.15, -0.1) is 0 Å². The minimum Gasteiger partial charge on any atom is -0.412 e. The zero-order valence-electron chi connectivity index (χ0n) is 37.0. The van der Waals surface area contributed by atoms with E-state index in [1.807, 2.05) is 48.5 Å². The summed E-state index contributed by atoms with van der Waals surface area (Å²) in [6, 6.07) is 41.6. The smallest absolute Gasteiger partial charge is 0.326 e. The number of benzene rings is 6. The van der Waals surface area contributed by atoms with Gasteiger partial charge >= 0.3 is 11.4 Å². The summed E-state index contributed by atoms with van der Waals surface area (Å²) in [6.45, 7) is 9.54. The van der Waals surface area contributed by atoms with Gasteiger partial charge in [0.15, 0.2) is 0 Å². The molecule has 10 rings (SSSR count). The number of aromatic amines is 2. The maximum atomic E-state index is 13.5. The van der Waals surface area contributed by atoms with Crippen LogP contribution in [-0.2, 0) is 13.1 Å². The van der Waals surface area contributed by atoms with Crippen LogP contribution < -0.4 is 11.4 Å². The van der Waals surface area contributed by atoms with Gasteiger partial charge in [-0.05, 0) is 95.1 Å². The van der Waals surface area contributed by atoms with Gasteiger partial charge in [-0.3, -0.25) is 28.7 Å². The van der Waals surface area contributed by atoms with Crippen LogP contribution >= 0.6 is 0 Å². The Morgan fingerprint density at radius 1 is 0.388 bits per heavy atom. The van der Waals surface area contributed by atoms with E-state index in [4.69, 9.17) is 0 Å². The summed E-state index contributed by atoms with van der Waals surface area (Å²) < 4.78 is 57.7. The van der Waals surface area contributed by atoms with Crippen LogP contribution in [0.3, 0.4) is 0 Å². The third kappa shape index (κ3) is 11.0. The molecule has 4 N–H and O–H groups in total. The number of piperazine rings is 2. The molecule has 2 aliphatic rings. The van der Waals surface area contributed by atoms with Crippen LogP contribution in [0.25, 0.3) is 22.1 Å². The Morgan fingerprint density at radius 3 is 0.970 bits per heavy atom. The number of hydrogen-bond donors (Lipinski definition) is 2. The zero-order valence-corrected chi connectivity index (χ0v) is 37.0. The van der Waals surface area contributed by atoms with Crippen molar-refractivity contribution in [2.24, 2.45) is 0 Å². The zero-order chi connectivity index (χ0) is 45.6. The molecule has 0 saturated carbocycles. The molecule has 2 aliphatic heterocycles. The number of rotatable bonds is 12. The molecule has 0 unspecified atom stereocenters. The molecule has 67 heavy (non-hydrogen) atoms. The molecule has 4 heterocycles. The summed E-state index contributed by atoms with van der Waals surface area (Å²) in [5.74, 6) is -1.08. The molecule has 0 spiro atoms. The van der Waals surface area contributed by atoms with Gasteiger partial charge in [-0.25, -0.2) is 27.2 Å². The number of nitrogens with one attached hydrogen (secondary N) is 2. The lowest BCUT2D eigenvalue weighted by Gasteiger charge is -2.39. The van der Waals surface area contributed by atoms with E-state index < -0.39 is 0 Å². The van der Waals surface area contributed by atoms with Crippen molar-refractivity contribution >= 4 is 22.1 Å². The fraction of sp³-hybridized carbons (Fsp3) is 0.269. The summed E-state index contributed by atoms with van der Waals surface area (Å²) in [6.07, 6.45) is 0. The fourth-order valence-electron chi connectivity index (χ4n) is 9.44. The Morgan fingerprint density at radius 2 is 0.672 bits per heavy atom. The van der Waals surface area contributed by atoms with Crippen LogP contribution in [0.4, 0.5) is 17.6 Å². The summed E-state index contributed by atoms with van der Waals surface area (Å²) >= 11 is 0. The topological polar surface area (TPSA) is 120 Å². The Bertz CT molecular complexity index is 2660. The number of aromatic nitrogens is 4. The molecule has 15 heteroatoms. The van der Waals surface area contributed by atoms with Gasteiger partial charge < -0.3 is 15.4 Å². The molecule has 0 amide bonds. The number of nitrogens with zero attached hydrogens (tertiary/aromatic N) is 6. The molecular formula is C52H54F4N8O3. The largest absolute Gasteiger partial charge is 0.412 e. The van der Waals surface area contributed by atoms with Crippen LogP contribution in [-0.4, -0.2) is 110 Å². The van der Waals surface area contributed by atoms with Crippen molar-refractivity contribution in [2.75, 3.05) is 65.4 Å². The molecule has 8 aromatic rings. The van der Waals surface area contributed by atoms with E-state index in [9.17, 15) is 27.2 Å². The van der Waals surface area contributed by atoms with Gasteiger partial charge in [0.2, 0.25) is 0 Å². The molecule has 0 radical (unpaired) electrons. The maximum Gasteiger partial charge on any atom is 0.326 e. The first-order valence-corrected chi connectivity index (χ1v) is 22.5. The molecule has 2 saturated heterocycles. The predicted molar refractivity (Wildman–Crippen MR) is 254 cm³/mol. The molecule has 0 atom stereocenters. The van der Waals surface area contributed by atoms with Crippen LogP contribution in [0, 0.1) is 23.3 Å². The van der Waals surface area contributed by atoms with Gasteiger partial charge in [0.1, 0.15) is 23.3 Å². The molecule has 348 valence electrons. The number of imidazole rings is 2. The summed E-state index contributed by atoms with van der Waals surface area (Å²) in [5.41, 5.74) is 7.35. The summed E-state index contributed by atoms with van der Waals surface area (Å²) in [4.78, 5) is 39.9. The van der Waals surface area contributed by atoms with Gasteiger partial charge in [0.05, 0.1) is 34.2 Å². The summed E-state index contributed by atoms with van der Waals surface area (Å²) in [5, 5.41) is 0. The second-order valence-corrected chi connectivity index (χ2v) is 17.0. The van der Waals surface area contributed by atoms with Gasteiger partial charge in [0, 0.05) is 78.5 Å². The Kier molecular flexibility index (Phi) is 14.9. The molecule has 0 bridgehead atoms. The van der Waals surface area contributed by atoms with Gasteiger partial charge in [0.25, 0.3) is 0 Å². The van der Waals surface area contributed by atoms with Crippen molar-refractivity contribution in [2.45, 2.75) is 25.2 Å². The first kappa shape index (κ1) is 46.9. The second-order valence-electron chi connectivity index (χ2n) is 17.0. The standard InChI is InChI=1S/2C26H26F2N4O.H2O/c2*27-21-9-5-19(6-10-21)25(20-7-11-22(28)12-8-20)31-16-13-30(14-17-31)15-18-32-24-4-2-1-3-23(24)29-26(32)33;/h2*1-12,25H,13-18H2,(H,29,33);1H2. The highest BCUT2D eigenvalue weighted by molar-refractivity contribution is 5.75. The molecular weight excluding hydrogens is 861 g/mol. The van der Waals surface area contributed by atoms with E-state index in [-0.39, 0.29) is 52.2 Å². The quantitative estimate of drug-likeness (QED) is 0.125. The average molecular weight is 915 g/mol. The molecule has 2 aromatic heterocycles. The summed E-state index contributed by atoms with van der Waals surface area (Å²) in [7, 11) is 0. The number of fused-ring (bicyclic) bond motifs is 2. The van der Waals surface area contributed by atoms with E-state index in [1.54, 1.807) is 57.7 Å². The van der Waals surface area contributed by atoms with Crippen LogP contribution in [0.2, 0.25) is 0 Å². The van der Waals surface area contributed by atoms with Crippen molar-refractivity contribution < 1.29 is 23.0 Å². The monoisotopic (exact) mass is 914 g/mol. The van der Waals surface area contributed by atoms with E-state index in [0.29, 0.717) is 13.1 Å². The SMILES string of the molecule is O.O=c1[nH]c2ccccc2n1CCN1CCN(C(c2ccc(F)cc2)c2ccc(F)cc2)CC1.O=c1[nH]c2ccccc2n1CCN1CCN(C(c2ccc(F)cc2)c2ccc(F)cc2)CC1. The van der Waals surface area contributed by atoms with Crippen molar-refractivity contribution in [3.63, 3.8) is 0 Å². The van der Waals surface area contributed by atoms with Crippen molar-refractivity contribution in [1.29, 1.82) is 0 Å². The van der Waals surface area contributed by atoms with Crippen molar-refractivity contribution in [3.05, 3.63) is 212 Å². The molecule has 0 aliphatic carbocycles. The van der Waals surface area contributed by atoms with Crippen LogP contribution in [0.15, 0.2) is 155 Å². The lowest BCUT2D eigenvalue weighted by Crippen LogP contribution is -2.48. The highest BCUT2D eigenvalue weighted by atomic mass is 19.1. The number of halogens is 4. The van der Waals surface area contributed by atoms with E-state index in [1.165, 1.54) is 48.5 Å². The first-order valence-electron chi connectivity index (χ1n) is 22.5. The second kappa shape index (κ2) is 21.3. The lowest BCUT2D eigenvalue weighted by molar-refractivity contribution is 0.107. The van der Waals surface area contributed by atoms with E-state index >= 15 is 0 Å². The predicted octanol–water partition coefficient (Wildman–Crippen LogP) is 7.21. The van der Waals surface area contributed by atoms with Crippen molar-refractivity contribution in [1.82, 2.24) is 38.7 Å². The minimum absolute atomic E-state index is 0. The van der Waals surface area contributed by atoms with Gasteiger partial charge in [-0.1, -0.05) is 72.8 Å². The normalized spacial score (nSPS) is 15.3. The van der Waals surface area contributed by atoms with Gasteiger partial charge in [-0.2, -0.15) is 0 Å². The number of para-hydroxylation sites is 4. The molecule has 6 aromatic carbocycles. The minimum atomic E-state index is -0.269. The van der Waals surface area contributed by atoms with E-state index in [0.717, 1.165) is 110 Å². The number of H-pyrrole nitrogens is 2. The third-order valence-corrected chi connectivity index (χ3v) is 12.9. The Balaban J connectivity index is 0.000000179. The van der Waals surface area contributed by atoms with Crippen LogP contribution in [0.5, 0.6) is 0 Å². The number of hydrogen-bond acceptors (Lipinski definition) is 6. The fourth-order valence-corrected chi connectivity index (χ4v) is 9.44. The molecule has 2 fully saturated rings. The Labute approximate surface area is 385 Å². The highest BCUT2D eigenvalue weighted by Crippen LogP contribution is 2.32. The lowest BCUT2D eigenvalue weighted by atomic mass is 9.96. The maximum absolute atomic E-state index is 13.5. The van der Waals surface area contributed by atoms with Crippen molar-refractivity contribution in [3.8, 4) is 0 Å². The van der Waals surface area contributed by atoms with Crippen LogP contribution in [0.1, 0.15) is 34.3 Å². The third-order valence-electron chi connectivity index (χ3n) is 12.9. The Hall–Kier alpha value is -6.62. The average Bonchev–Trinajstić information content (AvgIpc) is 3.84. The first-order chi connectivity index (χ1) is 32.2.